The van der Waals surface area contributed by atoms with E-state index in [-0.39, 0.29) is 13.2 Å². The molecule has 1 aromatic rings. The molecule has 1 aliphatic rings. The number of rotatable bonds is 6. The first-order valence-corrected chi connectivity index (χ1v) is 7.82. The summed E-state index contributed by atoms with van der Waals surface area (Å²) in [6.07, 6.45) is -7.20. The molecular weight excluding hydrogens is 335 g/mol. The lowest BCUT2D eigenvalue weighted by Gasteiger charge is -2.40. The highest BCUT2D eigenvalue weighted by molar-refractivity contribution is 5.66. The number of ether oxygens (including phenoxy) is 4. The Labute approximate surface area is 144 Å². The maximum atomic E-state index is 14.4. The molecule has 0 amide bonds. The van der Waals surface area contributed by atoms with E-state index in [2.05, 4.69) is 0 Å². The lowest BCUT2D eigenvalue weighted by molar-refractivity contribution is -0.285. The number of esters is 2. The molecule has 0 aliphatic carbocycles. The van der Waals surface area contributed by atoms with E-state index >= 15 is 0 Å². The molecule has 8 heteroatoms. The third-order valence-corrected chi connectivity index (χ3v) is 3.63. The molecular formula is C17H21FO7. The molecule has 0 unspecified atom stereocenters. The first kappa shape index (κ1) is 19.3. The highest BCUT2D eigenvalue weighted by atomic mass is 19.1. The molecule has 1 aliphatic heterocycles. The number of halogens is 1. The zero-order valence-corrected chi connectivity index (χ0v) is 14.0. The van der Waals surface area contributed by atoms with Gasteiger partial charge in [-0.2, -0.15) is 0 Å². The predicted octanol–water partition coefficient (Wildman–Crippen LogP) is 1.12. The number of aliphatic hydroxyl groups excluding tert-OH is 1. The summed E-state index contributed by atoms with van der Waals surface area (Å²) in [4.78, 5) is 22.4. The summed E-state index contributed by atoms with van der Waals surface area (Å²) >= 11 is 0. The Bertz CT molecular complexity index is 580. The second-order valence-corrected chi connectivity index (χ2v) is 5.65. The topological polar surface area (TPSA) is 91.3 Å². The number of carbonyl (C=O) groups is 2. The van der Waals surface area contributed by atoms with Gasteiger partial charge in [0.2, 0.25) is 0 Å². The zero-order chi connectivity index (χ0) is 18.4. The number of alkyl halides is 1. The van der Waals surface area contributed by atoms with E-state index in [0.717, 1.165) is 12.5 Å². The van der Waals surface area contributed by atoms with Crippen molar-refractivity contribution < 1.29 is 38.0 Å². The molecule has 2 rings (SSSR count). The number of hydrogen-bond donors (Lipinski definition) is 1. The lowest BCUT2D eigenvalue weighted by Crippen LogP contribution is -2.59. The number of hydrogen-bond acceptors (Lipinski definition) is 7. The Morgan fingerprint density at radius 2 is 1.84 bits per heavy atom. The average Bonchev–Trinajstić information content (AvgIpc) is 2.56. The average molecular weight is 356 g/mol. The molecule has 0 saturated carbocycles. The quantitative estimate of drug-likeness (QED) is 0.764. The van der Waals surface area contributed by atoms with Crippen LogP contribution in [0.2, 0.25) is 0 Å². The van der Waals surface area contributed by atoms with Crippen molar-refractivity contribution in [3.63, 3.8) is 0 Å². The van der Waals surface area contributed by atoms with Crippen molar-refractivity contribution >= 4 is 11.9 Å². The molecule has 1 fully saturated rings. The Morgan fingerprint density at radius 3 is 2.44 bits per heavy atom. The van der Waals surface area contributed by atoms with Gasteiger partial charge >= 0.3 is 11.9 Å². The third kappa shape index (κ3) is 5.48. The fraction of sp³-hybridized carbons (Fsp3) is 0.529. The monoisotopic (exact) mass is 356 g/mol. The Morgan fingerprint density at radius 1 is 1.16 bits per heavy atom. The number of aliphatic hydroxyl groups is 1. The maximum absolute atomic E-state index is 14.4. The van der Waals surface area contributed by atoms with Gasteiger partial charge in [0.15, 0.2) is 18.6 Å². The van der Waals surface area contributed by atoms with Gasteiger partial charge < -0.3 is 24.1 Å². The molecule has 7 nitrogen and oxygen atoms in total. The highest BCUT2D eigenvalue weighted by Crippen LogP contribution is 2.28. The fourth-order valence-corrected chi connectivity index (χ4v) is 2.51. The molecule has 0 radical (unpaired) electrons. The largest absolute Gasteiger partial charge is 0.463 e. The van der Waals surface area contributed by atoms with E-state index in [1.807, 2.05) is 6.07 Å². The van der Waals surface area contributed by atoms with Crippen LogP contribution in [0.3, 0.4) is 0 Å². The van der Waals surface area contributed by atoms with Crippen molar-refractivity contribution in [1.82, 2.24) is 0 Å². The molecule has 25 heavy (non-hydrogen) atoms. The molecule has 0 aromatic heterocycles. The normalized spacial score (nSPS) is 29.0. The van der Waals surface area contributed by atoms with Gasteiger partial charge in [-0.25, -0.2) is 4.39 Å². The van der Waals surface area contributed by atoms with Crippen molar-refractivity contribution in [3.05, 3.63) is 35.9 Å². The Kier molecular flexibility index (Phi) is 6.86. The van der Waals surface area contributed by atoms with E-state index in [4.69, 9.17) is 18.9 Å². The molecule has 1 aromatic carbocycles. The summed E-state index contributed by atoms with van der Waals surface area (Å²) in [5.74, 6) is -1.25. The molecule has 138 valence electrons. The van der Waals surface area contributed by atoms with Gasteiger partial charge in [0.25, 0.3) is 0 Å². The third-order valence-electron chi connectivity index (χ3n) is 3.63. The lowest BCUT2D eigenvalue weighted by atomic mass is 9.99. The van der Waals surface area contributed by atoms with Crippen molar-refractivity contribution in [2.45, 2.75) is 51.2 Å². The highest BCUT2D eigenvalue weighted by Gasteiger charge is 2.49. The van der Waals surface area contributed by atoms with Crippen LogP contribution in [0, 0.1) is 0 Å². The Hall–Kier alpha value is -2.03. The van der Waals surface area contributed by atoms with Crippen LogP contribution in [0.4, 0.5) is 4.39 Å². The standard InChI is InChI=1S/C17H21FO7/c1-10(19)22-9-13-15(24-11(2)20)16(14(18)17(21)25-13)23-8-12-6-4-3-5-7-12/h3-7,13-17,21H,8-9H2,1-2H3/t13-,14-,15-,16-,17-/m1/s1. The van der Waals surface area contributed by atoms with Crippen LogP contribution in [0.1, 0.15) is 19.4 Å². The smallest absolute Gasteiger partial charge is 0.303 e. The predicted molar refractivity (Wildman–Crippen MR) is 83.0 cm³/mol. The minimum Gasteiger partial charge on any atom is -0.463 e. The van der Waals surface area contributed by atoms with Gasteiger partial charge in [0, 0.05) is 13.8 Å². The van der Waals surface area contributed by atoms with Gasteiger partial charge in [0.1, 0.15) is 18.8 Å². The van der Waals surface area contributed by atoms with E-state index in [1.165, 1.54) is 6.92 Å². The number of carbonyl (C=O) groups excluding carboxylic acids is 2. The van der Waals surface area contributed by atoms with Crippen molar-refractivity contribution in [2.75, 3.05) is 6.61 Å². The first-order valence-electron chi connectivity index (χ1n) is 7.82. The van der Waals surface area contributed by atoms with E-state index in [0.29, 0.717) is 0 Å². The van der Waals surface area contributed by atoms with Gasteiger partial charge in [-0.05, 0) is 5.56 Å². The summed E-state index contributed by atoms with van der Waals surface area (Å²) < 4.78 is 35.0. The molecule has 1 saturated heterocycles. The maximum Gasteiger partial charge on any atom is 0.303 e. The molecule has 1 N–H and O–H groups in total. The fourth-order valence-electron chi connectivity index (χ4n) is 2.51. The van der Waals surface area contributed by atoms with Crippen LogP contribution in [0.25, 0.3) is 0 Å². The molecule has 0 spiro atoms. The molecule has 0 bridgehead atoms. The van der Waals surface area contributed by atoms with Crippen LogP contribution in [-0.4, -0.2) is 54.4 Å². The van der Waals surface area contributed by atoms with Crippen LogP contribution < -0.4 is 0 Å². The zero-order valence-electron chi connectivity index (χ0n) is 14.0. The SMILES string of the molecule is CC(=O)OC[C@H]1O[C@@H](O)[C@H](F)[C@@H](OCc2ccccc2)[C@@H]1OC(C)=O. The second kappa shape index (κ2) is 8.89. The first-order chi connectivity index (χ1) is 11.9. The summed E-state index contributed by atoms with van der Waals surface area (Å²) in [6.45, 7) is 2.11. The second-order valence-electron chi connectivity index (χ2n) is 5.65. The van der Waals surface area contributed by atoms with E-state index in [1.54, 1.807) is 24.3 Å². The van der Waals surface area contributed by atoms with Gasteiger partial charge in [0.05, 0.1) is 6.61 Å². The molecule has 1 heterocycles. The van der Waals surface area contributed by atoms with Gasteiger partial charge in [-0.3, -0.25) is 9.59 Å². The van der Waals surface area contributed by atoms with Crippen molar-refractivity contribution in [2.24, 2.45) is 0 Å². The van der Waals surface area contributed by atoms with Gasteiger partial charge in [-0.1, -0.05) is 30.3 Å². The van der Waals surface area contributed by atoms with Crippen LogP contribution >= 0.6 is 0 Å². The van der Waals surface area contributed by atoms with Gasteiger partial charge in [-0.15, -0.1) is 0 Å². The van der Waals surface area contributed by atoms with Crippen molar-refractivity contribution in [3.8, 4) is 0 Å². The summed E-state index contributed by atoms with van der Waals surface area (Å²) in [6, 6.07) is 9.02. The van der Waals surface area contributed by atoms with Crippen LogP contribution in [0.5, 0.6) is 0 Å². The summed E-state index contributed by atoms with van der Waals surface area (Å²) in [7, 11) is 0. The van der Waals surface area contributed by atoms with Crippen molar-refractivity contribution in [1.29, 1.82) is 0 Å². The van der Waals surface area contributed by atoms with Crippen LogP contribution in [-0.2, 0) is 35.1 Å². The molecule has 5 atom stereocenters. The minimum absolute atomic E-state index is 0.0523. The van der Waals surface area contributed by atoms with Crippen LogP contribution in [0.15, 0.2) is 30.3 Å². The van der Waals surface area contributed by atoms with E-state index < -0.39 is 42.7 Å². The minimum atomic E-state index is -1.93. The summed E-state index contributed by atoms with van der Waals surface area (Å²) in [5, 5.41) is 9.77. The Balaban J connectivity index is 2.14. The summed E-state index contributed by atoms with van der Waals surface area (Å²) in [5.41, 5.74) is 0.786. The van der Waals surface area contributed by atoms with E-state index in [9.17, 15) is 19.1 Å². The number of benzene rings is 1.